The van der Waals surface area contributed by atoms with Crippen LogP contribution in [0.5, 0.6) is 0 Å². The number of rotatable bonds is 7. The normalized spacial score (nSPS) is 11.9. The van der Waals surface area contributed by atoms with Gasteiger partial charge in [-0.1, -0.05) is 60.7 Å². The molecule has 2 aromatic carbocycles. The summed E-state index contributed by atoms with van der Waals surface area (Å²) in [7, 11) is 1.65. The van der Waals surface area contributed by atoms with Crippen LogP contribution in [0.4, 0.5) is 4.79 Å². The monoisotopic (exact) mass is 366 g/mol. The molecule has 0 saturated carbocycles. The summed E-state index contributed by atoms with van der Waals surface area (Å²) in [5, 5.41) is 10.0. The molecule has 134 valence electrons. The van der Waals surface area contributed by atoms with Crippen LogP contribution >= 0.6 is 11.3 Å². The number of hydrogen-bond acceptors (Lipinski definition) is 3. The quantitative estimate of drug-likeness (QED) is 0.646. The van der Waals surface area contributed by atoms with Gasteiger partial charge in [-0.05, 0) is 33.5 Å². The molecule has 5 heteroatoms. The molecule has 0 aliphatic rings. The summed E-state index contributed by atoms with van der Waals surface area (Å²) >= 11 is 1.61. The Bertz CT molecular complexity index is 752. The van der Waals surface area contributed by atoms with Crippen molar-refractivity contribution in [3.63, 3.8) is 0 Å². The van der Waals surface area contributed by atoms with Crippen LogP contribution < -0.4 is 10.6 Å². The second kappa shape index (κ2) is 9.17. The molecule has 3 rings (SSSR count). The fourth-order valence-electron chi connectivity index (χ4n) is 2.81. The highest BCUT2D eigenvalue weighted by atomic mass is 32.1. The summed E-state index contributed by atoms with van der Waals surface area (Å²) in [6, 6.07) is 21.5. The number of hydrogen-bond donors (Lipinski definition) is 2. The highest BCUT2D eigenvalue weighted by Crippen LogP contribution is 2.22. The fourth-order valence-corrected chi connectivity index (χ4v) is 3.51. The van der Waals surface area contributed by atoms with E-state index in [0.29, 0.717) is 6.54 Å². The van der Waals surface area contributed by atoms with E-state index in [9.17, 15) is 4.79 Å². The zero-order valence-electron chi connectivity index (χ0n) is 14.6. The average molecular weight is 366 g/mol. The number of ether oxygens (including phenoxy) is 1. The summed E-state index contributed by atoms with van der Waals surface area (Å²) in [6.45, 7) is 0.412. The highest BCUT2D eigenvalue weighted by molar-refractivity contribution is 7.07. The van der Waals surface area contributed by atoms with Crippen molar-refractivity contribution in [1.82, 2.24) is 10.6 Å². The Morgan fingerprint density at radius 1 is 0.962 bits per heavy atom. The van der Waals surface area contributed by atoms with Gasteiger partial charge in [-0.25, -0.2) is 4.79 Å². The Morgan fingerprint density at radius 2 is 1.58 bits per heavy atom. The van der Waals surface area contributed by atoms with Gasteiger partial charge in [0.15, 0.2) is 0 Å². The molecule has 0 aliphatic heterocycles. The van der Waals surface area contributed by atoms with Gasteiger partial charge in [0.05, 0.1) is 6.04 Å². The molecule has 1 heterocycles. The van der Waals surface area contributed by atoms with Crippen molar-refractivity contribution in [2.75, 3.05) is 13.7 Å². The number of nitrogens with one attached hydrogen (secondary N) is 2. The standard InChI is InChI=1S/C21H22N2O2S/c1-25-19(18-12-13-26-15-18)14-22-21(24)23-20(16-8-4-2-5-9-16)17-10-6-3-7-11-17/h2-13,15,19-20H,14H2,1H3,(H2,22,23,24). The van der Waals surface area contributed by atoms with Crippen molar-refractivity contribution < 1.29 is 9.53 Å². The van der Waals surface area contributed by atoms with Crippen molar-refractivity contribution in [2.45, 2.75) is 12.1 Å². The smallest absolute Gasteiger partial charge is 0.315 e. The zero-order valence-corrected chi connectivity index (χ0v) is 15.4. The molecule has 0 fully saturated rings. The van der Waals surface area contributed by atoms with E-state index in [2.05, 4.69) is 10.6 Å². The highest BCUT2D eigenvalue weighted by Gasteiger charge is 2.18. The van der Waals surface area contributed by atoms with Gasteiger partial charge in [0, 0.05) is 13.7 Å². The van der Waals surface area contributed by atoms with E-state index >= 15 is 0 Å². The van der Waals surface area contributed by atoms with Crippen LogP contribution in [-0.4, -0.2) is 19.7 Å². The number of amides is 2. The van der Waals surface area contributed by atoms with Gasteiger partial charge in [0.1, 0.15) is 6.10 Å². The lowest BCUT2D eigenvalue weighted by molar-refractivity contribution is 0.104. The van der Waals surface area contributed by atoms with Crippen LogP contribution in [0, 0.1) is 0 Å². The van der Waals surface area contributed by atoms with Gasteiger partial charge in [-0.3, -0.25) is 0 Å². The van der Waals surface area contributed by atoms with Crippen molar-refractivity contribution in [3.05, 3.63) is 94.2 Å². The molecular formula is C21H22N2O2S. The van der Waals surface area contributed by atoms with Crippen LogP contribution in [0.2, 0.25) is 0 Å². The molecule has 1 unspecified atom stereocenters. The minimum atomic E-state index is -0.222. The maximum Gasteiger partial charge on any atom is 0.315 e. The molecule has 3 aromatic rings. The van der Waals surface area contributed by atoms with E-state index in [1.807, 2.05) is 77.5 Å². The van der Waals surface area contributed by atoms with Crippen LogP contribution in [0.1, 0.15) is 28.8 Å². The largest absolute Gasteiger partial charge is 0.375 e. The topological polar surface area (TPSA) is 50.4 Å². The van der Waals surface area contributed by atoms with Crippen LogP contribution in [0.3, 0.4) is 0 Å². The molecule has 1 aromatic heterocycles. The lowest BCUT2D eigenvalue weighted by Crippen LogP contribution is -2.40. The molecule has 2 amide bonds. The van der Waals surface area contributed by atoms with Gasteiger partial charge in [-0.15, -0.1) is 0 Å². The number of methoxy groups -OCH3 is 1. The summed E-state index contributed by atoms with van der Waals surface area (Å²) in [6.07, 6.45) is -0.154. The van der Waals surface area contributed by atoms with Gasteiger partial charge in [0.2, 0.25) is 0 Å². The van der Waals surface area contributed by atoms with E-state index in [0.717, 1.165) is 16.7 Å². The van der Waals surface area contributed by atoms with Gasteiger partial charge < -0.3 is 15.4 Å². The van der Waals surface area contributed by atoms with Gasteiger partial charge in [0.25, 0.3) is 0 Å². The second-order valence-electron chi connectivity index (χ2n) is 5.89. The van der Waals surface area contributed by atoms with Crippen molar-refractivity contribution in [1.29, 1.82) is 0 Å². The summed E-state index contributed by atoms with van der Waals surface area (Å²) in [5.41, 5.74) is 3.14. The molecule has 26 heavy (non-hydrogen) atoms. The number of carbonyl (C=O) groups excluding carboxylic acids is 1. The first-order valence-electron chi connectivity index (χ1n) is 8.47. The van der Waals surface area contributed by atoms with Crippen LogP contribution in [0.15, 0.2) is 77.5 Å². The molecular weight excluding hydrogens is 344 g/mol. The Kier molecular flexibility index (Phi) is 6.41. The van der Waals surface area contributed by atoms with E-state index in [4.69, 9.17) is 4.74 Å². The summed E-state index contributed by atoms with van der Waals surface area (Å²) in [5.74, 6) is 0. The lowest BCUT2D eigenvalue weighted by atomic mass is 9.99. The Morgan fingerprint density at radius 3 is 2.08 bits per heavy atom. The number of benzene rings is 2. The molecule has 2 N–H and O–H groups in total. The van der Waals surface area contributed by atoms with Crippen LogP contribution in [-0.2, 0) is 4.74 Å². The summed E-state index contributed by atoms with van der Waals surface area (Å²) < 4.78 is 5.48. The SMILES string of the molecule is COC(CNC(=O)NC(c1ccccc1)c1ccccc1)c1ccsc1. The predicted octanol–water partition coefficient (Wildman–Crippen LogP) is 4.52. The average Bonchev–Trinajstić information content (AvgIpc) is 3.22. The van der Waals surface area contributed by atoms with E-state index in [1.54, 1.807) is 18.4 Å². The Labute approximate surface area is 157 Å². The molecule has 0 bridgehead atoms. The second-order valence-corrected chi connectivity index (χ2v) is 6.67. The first kappa shape index (κ1) is 18.2. The summed E-state index contributed by atoms with van der Waals surface area (Å²) in [4.78, 5) is 12.5. The molecule has 1 atom stereocenters. The first-order chi connectivity index (χ1) is 12.8. The maximum atomic E-state index is 12.5. The van der Waals surface area contributed by atoms with Crippen molar-refractivity contribution in [3.8, 4) is 0 Å². The third-order valence-corrected chi connectivity index (χ3v) is 4.89. The molecule has 0 aliphatic carbocycles. The molecule has 0 spiro atoms. The predicted molar refractivity (Wildman–Crippen MR) is 105 cm³/mol. The van der Waals surface area contributed by atoms with E-state index in [-0.39, 0.29) is 18.2 Å². The van der Waals surface area contributed by atoms with Gasteiger partial charge in [-0.2, -0.15) is 11.3 Å². The van der Waals surface area contributed by atoms with Crippen molar-refractivity contribution in [2.24, 2.45) is 0 Å². The van der Waals surface area contributed by atoms with Crippen LogP contribution in [0.25, 0.3) is 0 Å². The van der Waals surface area contributed by atoms with E-state index in [1.165, 1.54) is 0 Å². The third-order valence-electron chi connectivity index (χ3n) is 4.19. The minimum Gasteiger partial charge on any atom is -0.375 e. The minimum absolute atomic E-state index is 0.154. The third kappa shape index (κ3) is 4.71. The fraction of sp³-hybridized carbons (Fsp3) is 0.190. The molecule has 0 radical (unpaired) electrons. The Balaban J connectivity index is 1.68. The van der Waals surface area contributed by atoms with Gasteiger partial charge >= 0.3 is 6.03 Å². The van der Waals surface area contributed by atoms with Crippen molar-refractivity contribution >= 4 is 17.4 Å². The van der Waals surface area contributed by atoms with E-state index < -0.39 is 0 Å². The number of carbonyl (C=O) groups is 1. The maximum absolute atomic E-state index is 12.5. The molecule has 0 saturated heterocycles. The lowest BCUT2D eigenvalue weighted by Gasteiger charge is -2.21. The Hall–Kier alpha value is -2.63. The number of thiophene rings is 1. The first-order valence-corrected chi connectivity index (χ1v) is 9.41. The zero-order chi connectivity index (χ0) is 18.2. The number of urea groups is 1. The molecule has 4 nitrogen and oxygen atoms in total.